The maximum atomic E-state index is 12.0. The Kier molecular flexibility index (Phi) is 7.41. The van der Waals surface area contributed by atoms with Gasteiger partial charge in [0.2, 0.25) is 0 Å². The molecule has 156 valence electrons. The minimum Gasteiger partial charge on any atom is -0.444 e. The molecule has 6 heteroatoms. The maximum absolute atomic E-state index is 12.0. The zero-order valence-corrected chi connectivity index (χ0v) is 20.4. The Hall–Kier alpha value is -1.37. The molecule has 0 aromatic heterocycles. The van der Waals surface area contributed by atoms with Crippen molar-refractivity contribution in [2.45, 2.75) is 52.3 Å². The number of amides is 1. The Labute approximate surface area is 190 Å². The van der Waals surface area contributed by atoms with Gasteiger partial charge in [0.25, 0.3) is 0 Å². The van der Waals surface area contributed by atoms with E-state index in [1.165, 1.54) is 33.1 Å². The zero-order chi connectivity index (χ0) is 21.0. The van der Waals surface area contributed by atoms with Crippen LogP contribution in [-0.2, 0) is 30.7 Å². The lowest BCUT2D eigenvalue weighted by molar-refractivity contribution is 0.0224. The number of nitrogens with one attached hydrogen (secondary N) is 1. The van der Waals surface area contributed by atoms with Crippen molar-refractivity contribution in [3.8, 4) is 0 Å². The van der Waals surface area contributed by atoms with Gasteiger partial charge in [-0.2, -0.15) is 0 Å². The van der Waals surface area contributed by atoms with Gasteiger partial charge in [-0.25, -0.2) is 4.79 Å². The number of benzene rings is 2. The second kappa shape index (κ2) is 9.63. The fraction of sp³-hybridized carbons (Fsp3) is 0.435. The highest BCUT2D eigenvalue weighted by Crippen LogP contribution is 2.24. The first kappa shape index (κ1) is 22.3. The van der Waals surface area contributed by atoms with Gasteiger partial charge in [0.1, 0.15) is 5.60 Å². The Morgan fingerprint density at radius 2 is 1.59 bits per heavy atom. The van der Waals surface area contributed by atoms with Crippen molar-refractivity contribution in [3.63, 3.8) is 0 Å². The van der Waals surface area contributed by atoms with E-state index in [4.69, 9.17) is 4.74 Å². The molecule has 2 aliphatic rings. The van der Waals surface area contributed by atoms with Crippen LogP contribution in [0.25, 0.3) is 0 Å². The summed E-state index contributed by atoms with van der Waals surface area (Å²) in [6.07, 6.45) is 1.83. The average molecular weight is 524 g/mol. The van der Waals surface area contributed by atoms with Crippen molar-refractivity contribution in [1.29, 1.82) is 0 Å². The molecule has 1 N–H and O–H groups in total. The lowest BCUT2D eigenvalue weighted by atomic mass is 10.0. The van der Waals surface area contributed by atoms with Gasteiger partial charge in [-0.15, -0.1) is 0 Å². The number of halogens is 2. The zero-order valence-electron chi connectivity index (χ0n) is 17.2. The van der Waals surface area contributed by atoms with E-state index in [1.54, 1.807) is 4.90 Å². The Morgan fingerprint density at radius 1 is 0.966 bits per heavy atom. The molecule has 29 heavy (non-hydrogen) atoms. The Bertz CT molecular complexity index is 878. The van der Waals surface area contributed by atoms with Crippen molar-refractivity contribution < 1.29 is 9.53 Å². The molecule has 2 heterocycles. The van der Waals surface area contributed by atoms with Gasteiger partial charge in [-0.3, -0.25) is 0 Å². The largest absolute Gasteiger partial charge is 0.444 e. The number of nitrogens with zero attached hydrogens (tertiary/aromatic N) is 1. The van der Waals surface area contributed by atoms with Crippen LogP contribution in [0.3, 0.4) is 0 Å². The lowest BCUT2D eigenvalue weighted by Gasteiger charge is -2.31. The predicted octanol–water partition coefficient (Wildman–Crippen LogP) is 5.84. The summed E-state index contributed by atoms with van der Waals surface area (Å²) in [6, 6.07) is 12.8. The number of hydrogen-bond acceptors (Lipinski definition) is 3. The molecule has 0 saturated carbocycles. The average Bonchev–Trinajstić information content (AvgIpc) is 2.66. The smallest absolute Gasteiger partial charge is 0.410 e. The molecule has 0 fully saturated rings. The molecule has 4 nitrogen and oxygen atoms in total. The minimum atomic E-state index is -0.436. The molecule has 2 aromatic rings. The van der Waals surface area contributed by atoms with Crippen LogP contribution in [0.2, 0.25) is 0 Å². The molecular weight excluding hydrogens is 496 g/mol. The SMILES string of the molecule is Brc1ccc2c(c1)CNCC2.CC(C)(C)OC(=O)N1CCc2ccc(Br)cc2C1. The van der Waals surface area contributed by atoms with E-state index in [0.717, 1.165) is 30.5 Å². The highest BCUT2D eigenvalue weighted by atomic mass is 79.9. The van der Waals surface area contributed by atoms with Crippen LogP contribution in [0.15, 0.2) is 45.3 Å². The second-order valence-electron chi connectivity index (χ2n) is 8.40. The molecule has 0 unspecified atom stereocenters. The summed E-state index contributed by atoms with van der Waals surface area (Å²) in [5, 5.41) is 3.35. The first-order valence-corrected chi connectivity index (χ1v) is 11.5. The fourth-order valence-electron chi connectivity index (χ4n) is 3.46. The molecule has 2 aliphatic heterocycles. The summed E-state index contributed by atoms with van der Waals surface area (Å²) >= 11 is 6.92. The van der Waals surface area contributed by atoms with Crippen LogP contribution in [0.1, 0.15) is 43.0 Å². The van der Waals surface area contributed by atoms with Crippen molar-refractivity contribution in [3.05, 3.63) is 67.6 Å². The highest BCUT2D eigenvalue weighted by Gasteiger charge is 2.25. The number of hydrogen-bond donors (Lipinski definition) is 1. The predicted molar refractivity (Wildman–Crippen MR) is 124 cm³/mol. The maximum Gasteiger partial charge on any atom is 0.410 e. The van der Waals surface area contributed by atoms with Gasteiger partial charge in [-0.1, -0.05) is 44.0 Å². The van der Waals surface area contributed by atoms with Crippen LogP contribution >= 0.6 is 31.9 Å². The van der Waals surface area contributed by atoms with Gasteiger partial charge >= 0.3 is 6.09 Å². The molecular formula is C23H28Br2N2O2. The standard InChI is InChI=1S/C14H18BrNO2.C9H10BrN/c1-14(2,3)18-13(17)16-7-6-10-4-5-12(15)8-11(10)9-16;10-9-2-1-7-3-4-11-6-8(7)5-9/h4-5,8H,6-7,9H2,1-3H3;1-2,5,11H,3-4,6H2. The molecule has 0 bridgehead atoms. The van der Waals surface area contributed by atoms with Crippen LogP contribution in [-0.4, -0.2) is 29.7 Å². The highest BCUT2D eigenvalue weighted by molar-refractivity contribution is 9.10. The van der Waals surface area contributed by atoms with E-state index in [9.17, 15) is 4.79 Å². The number of fused-ring (bicyclic) bond motifs is 2. The number of carbonyl (C=O) groups is 1. The summed E-state index contributed by atoms with van der Waals surface area (Å²) in [7, 11) is 0. The molecule has 2 aromatic carbocycles. The van der Waals surface area contributed by atoms with Crippen LogP contribution < -0.4 is 5.32 Å². The van der Waals surface area contributed by atoms with Gasteiger partial charge in [-0.05, 0) is 86.7 Å². The quantitative estimate of drug-likeness (QED) is 0.471. The molecule has 4 rings (SSSR count). The molecule has 0 aliphatic carbocycles. The molecule has 1 amide bonds. The van der Waals surface area contributed by atoms with Crippen molar-refractivity contribution >= 4 is 38.0 Å². The topological polar surface area (TPSA) is 41.6 Å². The Balaban J connectivity index is 0.000000186. The van der Waals surface area contributed by atoms with Gasteiger partial charge < -0.3 is 15.0 Å². The van der Waals surface area contributed by atoms with Crippen LogP contribution in [0.5, 0.6) is 0 Å². The van der Waals surface area contributed by atoms with E-state index < -0.39 is 5.60 Å². The van der Waals surface area contributed by atoms with Crippen LogP contribution in [0, 0.1) is 0 Å². The summed E-state index contributed by atoms with van der Waals surface area (Å²) in [6.45, 7) is 9.16. The van der Waals surface area contributed by atoms with E-state index in [1.807, 2.05) is 26.8 Å². The summed E-state index contributed by atoms with van der Waals surface area (Å²) < 4.78 is 7.63. The van der Waals surface area contributed by atoms with E-state index in [-0.39, 0.29) is 6.09 Å². The van der Waals surface area contributed by atoms with Gasteiger partial charge in [0.05, 0.1) is 0 Å². The van der Waals surface area contributed by atoms with E-state index in [2.05, 4.69) is 67.5 Å². The van der Waals surface area contributed by atoms with Crippen molar-refractivity contribution in [2.24, 2.45) is 0 Å². The second-order valence-corrected chi connectivity index (χ2v) is 10.2. The van der Waals surface area contributed by atoms with Crippen molar-refractivity contribution in [2.75, 3.05) is 13.1 Å². The molecule has 0 radical (unpaired) electrons. The number of rotatable bonds is 0. The van der Waals surface area contributed by atoms with Gasteiger partial charge in [0, 0.05) is 28.6 Å². The molecule has 0 spiro atoms. The third-order valence-corrected chi connectivity index (χ3v) is 5.87. The summed E-state index contributed by atoms with van der Waals surface area (Å²) in [4.78, 5) is 13.8. The number of ether oxygens (including phenoxy) is 1. The first-order chi connectivity index (χ1) is 13.7. The third kappa shape index (κ3) is 6.56. The summed E-state index contributed by atoms with van der Waals surface area (Å²) in [5.74, 6) is 0. The Morgan fingerprint density at radius 3 is 2.24 bits per heavy atom. The summed E-state index contributed by atoms with van der Waals surface area (Å²) in [5.41, 5.74) is 5.01. The minimum absolute atomic E-state index is 0.229. The first-order valence-electron chi connectivity index (χ1n) is 9.94. The normalized spacial score (nSPS) is 15.6. The van der Waals surface area contributed by atoms with E-state index >= 15 is 0 Å². The van der Waals surface area contributed by atoms with Crippen LogP contribution in [0.4, 0.5) is 4.79 Å². The van der Waals surface area contributed by atoms with E-state index in [0.29, 0.717) is 6.54 Å². The lowest BCUT2D eigenvalue weighted by Crippen LogP contribution is -2.39. The molecule has 0 atom stereocenters. The third-order valence-electron chi connectivity index (χ3n) is 4.89. The number of carbonyl (C=O) groups excluding carboxylic acids is 1. The molecule has 0 saturated heterocycles. The monoisotopic (exact) mass is 522 g/mol. The fourth-order valence-corrected chi connectivity index (χ4v) is 4.27. The van der Waals surface area contributed by atoms with Gasteiger partial charge in [0.15, 0.2) is 0 Å². The van der Waals surface area contributed by atoms with Crippen molar-refractivity contribution in [1.82, 2.24) is 10.2 Å².